The second-order valence-electron chi connectivity index (χ2n) is 0.573. The summed E-state index contributed by atoms with van der Waals surface area (Å²) in [6.07, 6.45) is 0. The summed E-state index contributed by atoms with van der Waals surface area (Å²) in [5.74, 6) is -0.0556. The lowest BCUT2D eigenvalue weighted by atomic mass is 10.7. The number of rotatable bonds is 1. The van der Waals surface area contributed by atoms with Gasteiger partial charge in [0.2, 0.25) is 0 Å². The van der Waals surface area contributed by atoms with Crippen LogP contribution in [0.4, 0.5) is 0 Å². The first-order valence-corrected chi connectivity index (χ1v) is 1.53. The molecule has 0 aromatic rings. The van der Waals surface area contributed by atoms with E-state index in [1.165, 1.54) is 0 Å². The fourth-order valence-electron chi connectivity index (χ4n) is 0. The Balaban J connectivity index is 3.20. The van der Waals surface area contributed by atoms with Gasteiger partial charge in [0.25, 0.3) is 0 Å². The highest BCUT2D eigenvalue weighted by Gasteiger charge is 1.64. The minimum atomic E-state index is -0.0556. The van der Waals surface area contributed by atoms with Crippen LogP contribution in [0.1, 0.15) is 0 Å². The standard InChI is InChI=1S/C2H4N2S/c3-2(4)1-5/h1H,(H3,3,4). The normalized spacial score (nSPS) is 6.40. The summed E-state index contributed by atoms with van der Waals surface area (Å²) < 4.78 is 0. The van der Waals surface area contributed by atoms with Gasteiger partial charge in [0.15, 0.2) is 0 Å². The maximum Gasteiger partial charge on any atom is 0.126 e. The van der Waals surface area contributed by atoms with Gasteiger partial charge in [-0.1, -0.05) is 12.2 Å². The van der Waals surface area contributed by atoms with Crippen molar-refractivity contribution in [1.82, 2.24) is 0 Å². The molecule has 0 aromatic carbocycles. The summed E-state index contributed by atoms with van der Waals surface area (Å²) in [7, 11) is 0. The first-order valence-electron chi connectivity index (χ1n) is 1.06. The van der Waals surface area contributed by atoms with Gasteiger partial charge in [-0.15, -0.1) is 0 Å². The lowest BCUT2D eigenvalue weighted by Crippen LogP contribution is -2.07. The fraction of sp³-hybridized carbons (Fsp3) is 0. The van der Waals surface area contributed by atoms with Crippen molar-refractivity contribution in [3.63, 3.8) is 0 Å². The van der Waals surface area contributed by atoms with Crippen LogP contribution >= 0.6 is 12.2 Å². The molecule has 0 heterocycles. The van der Waals surface area contributed by atoms with Crippen LogP contribution in [0, 0.1) is 5.41 Å². The van der Waals surface area contributed by atoms with Crippen molar-refractivity contribution >= 4 is 23.4 Å². The molecule has 0 fully saturated rings. The van der Waals surface area contributed by atoms with Gasteiger partial charge >= 0.3 is 0 Å². The lowest BCUT2D eigenvalue weighted by Gasteiger charge is -1.69. The Kier molecular flexibility index (Phi) is 1.68. The van der Waals surface area contributed by atoms with Gasteiger partial charge in [-0.25, -0.2) is 0 Å². The average Bonchev–Trinajstić information content (AvgIpc) is 1.38. The predicted octanol–water partition coefficient (Wildman–Crippen LogP) is -0.0779. The summed E-state index contributed by atoms with van der Waals surface area (Å²) >= 11 is 4.20. The molecule has 0 spiro atoms. The molecule has 0 radical (unpaired) electrons. The minimum absolute atomic E-state index is 0.0556. The van der Waals surface area contributed by atoms with Gasteiger partial charge in [-0.3, -0.25) is 5.41 Å². The zero-order valence-electron chi connectivity index (χ0n) is 2.56. The van der Waals surface area contributed by atoms with E-state index in [1.54, 1.807) is 0 Å². The van der Waals surface area contributed by atoms with Crippen LogP contribution in [0.3, 0.4) is 0 Å². The number of thiocarbonyl (C=S) groups is 1. The summed E-state index contributed by atoms with van der Waals surface area (Å²) in [6.45, 7) is 0. The average molecular weight is 88.1 g/mol. The van der Waals surface area contributed by atoms with Crippen LogP contribution < -0.4 is 5.73 Å². The molecule has 0 aromatic heterocycles. The molecule has 0 unspecified atom stereocenters. The Bertz CT molecular complexity index is 58.7. The predicted molar refractivity (Wildman–Crippen MR) is 25.6 cm³/mol. The van der Waals surface area contributed by atoms with Crippen LogP contribution in [-0.4, -0.2) is 11.2 Å². The van der Waals surface area contributed by atoms with E-state index in [4.69, 9.17) is 11.1 Å². The Hall–Kier alpha value is -0.440. The summed E-state index contributed by atoms with van der Waals surface area (Å²) in [5, 5.41) is 7.47. The van der Waals surface area contributed by atoms with Crippen molar-refractivity contribution in [2.75, 3.05) is 0 Å². The van der Waals surface area contributed by atoms with Gasteiger partial charge in [-0.2, -0.15) is 0 Å². The van der Waals surface area contributed by atoms with E-state index in [0.29, 0.717) is 0 Å². The Labute approximate surface area is 35.5 Å². The van der Waals surface area contributed by atoms with Crippen molar-refractivity contribution in [3.8, 4) is 0 Å². The van der Waals surface area contributed by atoms with E-state index >= 15 is 0 Å². The largest absolute Gasteiger partial charge is 0.383 e. The van der Waals surface area contributed by atoms with Gasteiger partial charge < -0.3 is 5.73 Å². The molecule has 0 saturated heterocycles. The maximum atomic E-state index is 6.36. The Morgan fingerprint density at radius 1 is 2.00 bits per heavy atom. The van der Waals surface area contributed by atoms with Crippen LogP contribution in [0.2, 0.25) is 0 Å². The third-order valence-electron chi connectivity index (χ3n) is 0.127. The van der Waals surface area contributed by atoms with E-state index in [9.17, 15) is 0 Å². The third-order valence-corrected chi connectivity index (χ3v) is 0.381. The molecule has 0 aliphatic heterocycles. The van der Waals surface area contributed by atoms with Crippen molar-refractivity contribution < 1.29 is 0 Å². The molecule has 28 valence electrons. The van der Waals surface area contributed by atoms with E-state index in [-0.39, 0.29) is 5.84 Å². The molecule has 0 saturated carbocycles. The van der Waals surface area contributed by atoms with E-state index in [0.717, 1.165) is 5.37 Å². The zero-order chi connectivity index (χ0) is 4.28. The Morgan fingerprint density at radius 3 is 2.20 bits per heavy atom. The molecule has 0 rings (SSSR count). The molecule has 0 atom stereocenters. The molecule has 3 heteroatoms. The van der Waals surface area contributed by atoms with Crippen molar-refractivity contribution in [2.24, 2.45) is 5.73 Å². The van der Waals surface area contributed by atoms with Crippen LogP contribution in [0.5, 0.6) is 0 Å². The number of nitrogens with two attached hydrogens (primary N) is 1. The summed E-state index contributed by atoms with van der Waals surface area (Å²) in [4.78, 5) is 0. The highest BCUT2D eigenvalue weighted by molar-refractivity contribution is 7.80. The molecule has 0 aliphatic rings. The highest BCUT2D eigenvalue weighted by atomic mass is 32.1. The number of hydrogen-bond donors (Lipinski definition) is 2. The summed E-state index contributed by atoms with van der Waals surface area (Å²) in [5.41, 5.74) is 4.72. The molecular weight excluding hydrogens is 84.1 g/mol. The van der Waals surface area contributed by atoms with Gasteiger partial charge in [-0.05, 0) is 0 Å². The number of amidine groups is 1. The quantitative estimate of drug-likeness (QED) is 0.267. The zero-order valence-corrected chi connectivity index (χ0v) is 3.38. The minimum Gasteiger partial charge on any atom is -0.383 e. The Morgan fingerprint density at radius 2 is 2.20 bits per heavy atom. The fourth-order valence-corrected chi connectivity index (χ4v) is 0. The van der Waals surface area contributed by atoms with Crippen molar-refractivity contribution in [1.29, 1.82) is 5.41 Å². The number of nitrogens with one attached hydrogen (secondary N) is 1. The summed E-state index contributed by atoms with van der Waals surface area (Å²) in [6, 6.07) is 0. The van der Waals surface area contributed by atoms with Crippen molar-refractivity contribution in [3.05, 3.63) is 0 Å². The topological polar surface area (TPSA) is 49.9 Å². The first-order chi connectivity index (χ1) is 2.27. The smallest absolute Gasteiger partial charge is 0.126 e. The van der Waals surface area contributed by atoms with Gasteiger partial charge in [0.05, 0.1) is 0 Å². The van der Waals surface area contributed by atoms with Gasteiger partial charge in [0.1, 0.15) is 5.84 Å². The maximum absolute atomic E-state index is 6.36. The van der Waals surface area contributed by atoms with Crippen LogP contribution in [-0.2, 0) is 0 Å². The second kappa shape index (κ2) is 1.84. The second-order valence-corrected chi connectivity index (χ2v) is 0.809. The molecule has 0 bridgehead atoms. The van der Waals surface area contributed by atoms with Crippen LogP contribution in [0.15, 0.2) is 0 Å². The monoisotopic (exact) mass is 88.0 g/mol. The molecule has 0 amide bonds. The lowest BCUT2D eigenvalue weighted by molar-refractivity contribution is 1.50. The van der Waals surface area contributed by atoms with Crippen LogP contribution in [0.25, 0.3) is 0 Å². The third kappa shape index (κ3) is 3.56. The van der Waals surface area contributed by atoms with E-state index in [2.05, 4.69) is 12.2 Å². The molecular formula is C2H4N2S. The first kappa shape index (κ1) is 4.56. The van der Waals surface area contributed by atoms with E-state index < -0.39 is 0 Å². The van der Waals surface area contributed by atoms with E-state index in [1.807, 2.05) is 0 Å². The molecule has 5 heavy (non-hydrogen) atoms. The molecule has 0 aliphatic carbocycles. The SMILES string of the molecule is N=C(N)C=S. The van der Waals surface area contributed by atoms with Gasteiger partial charge in [0, 0.05) is 5.37 Å². The van der Waals surface area contributed by atoms with Crippen molar-refractivity contribution in [2.45, 2.75) is 0 Å². The number of hydrogen-bond acceptors (Lipinski definition) is 2. The highest BCUT2D eigenvalue weighted by Crippen LogP contribution is 1.43. The molecule has 3 N–H and O–H groups in total. The molecule has 2 nitrogen and oxygen atoms in total.